The molecule has 1 atom stereocenters. The van der Waals surface area contributed by atoms with E-state index in [1.807, 2.05) is 12.1 Å². The predicted molar refractivity (Wildman–Crippen MR) is 105 cm³/mol. The number of benzene rings is 1. The number of sulfonamides is 1. The summed E-state index contributed by atoms with van der Waals surface area (Å²) in [6.45, 7) is 7.44. The summed E-state index contributed by atoms with van der Waals surface area (Å²) in [4.78, 5) is 0.111. The topological polar surface area (TPSA) is 98.1 Å². The molecule has 3 rings (SSSR count). The fourth-order valence-corrected chi connectivity index (χ4v) is 6.66. The zero-order valence-corrected chi connectivity index (χ0v) is 17.6. The molecule has 1 aromatic heterocycles. The Morgan fingerprint density at radius 2 is 1.81 bits per heavy atom. The summed E-state index contributed by atoms with van der Waals surface area (Å²) in [6.07, 6.45) is 0.452. The molecule has 1 N–H and O–H groups in total. The van der Waals surface area contributed by atoms with Gasteiger partial charge in [0.25, 0.3) is 10.0 Å². The van der Waals surface area contributed by atoms with Crippen LogP contribution in [0.3, 0.4) is 0 Å². The first-order valence-electron chi connectivity index (χ1n) is 8.89. The molecule has 1 aliphatic rings. The molecule has 0 radical (unpaired) electrons. The molecule has 0 aliphatic carbocycles. The van der Waals surface area contributed by atoms with Gasteiger partial charge in [-0.05, 0) is 43.9 Å². The summed E-state index contributed by atoms with van der Waals surface area (Å²) in [7, 11) is -6.91. The van der Waals surface area contributed by atoms with E-state index in [9.17, 15) is 16.8 Å². The molecule has 2 heterocycles. The predicted octanol–water partition coefficient (Wildman–Crippen LogP) is 2.78. The number of hydrogen-bond donors (Lipinski definition) is 1. The highest BCUT2D eigenvalue weighted by atomic mass is 32.2. The lowest BCUT2D eigenvalue weighted by Gasteiger charge is -2.13. The van der Waals surface area contributed by atoms with Gasteiger partial charge in [0.15, 0.2) is 9.84 Å². The van der Waals surface area contributed by atoms with Crippen LogP contribution in [0.2, 0.25) is 0 Å². The van der Waals surface area contributed by atoms with Crippen LogP contribution in [0.1, 0.15) is 49.2 Å². The van der Waals surface area contributed by atoms with E-state index in [4.69, 9.17) is 0 Å². The van der Waals surface area contributed by atoms with Crippen LogP contribution < -0.4 is 4.72 Å². The van der Waals surface area contributed by atoms with Crippen LogP contribution in [0.5, 0.6) is 0 Å². The summed E-state index contributed by atoms with van der Waals surface area (Å²) >= 11 is 0. The Balaban J connectivity index is 1.91. The lowest BCUT2D eigenvalue weighted by atomic mass is 10.0. The lowest BCUT2D eigenvalue weighted by molar-refractivity contribution is 0.484. The van der Waals surface area contributed by atoms with Gasteiger partial charge in [0.1, 0.15) is 4.90 Å². The van der Waals surface area contributed by atoms with Crippen LogP contribution in [0.25, 0.3) is 0 Å². The number of nitrogens with one attached hydrogen (secondary N) is 1. The third kappa shape index (κ3) is 4.03. The quantitative estimate of drug-likeness (QED) is 0.816. The number of anilines is 1. The highest BCUT2D eigenvalue weighted by molar-refractivity contribution is 7.92. The number of nitrogens with zero attached hydrogens (tertiary/aromatic N) is 2. The standard InChI is InChI=1S/C18H25N3O4S2/c1-12(2)15-5-7-16(8-6-15)20-27(24,25)18-13(3)19-21(14(18)4)17-9-10-26(22,23)11-17/h5-8,12,17,20H,9-11H2,1-4H3. The summed E-state index contributed by atoms with van der Waals surface area (Å²) in [5.41, 5.74) is 2.43. The van der Waals surface area contributed by atoms with Crippen LogP contribution in [-0.2, 0) is 19.9 Å². The summed E-state index contributed by atoms with van der Waals surface area (Å²) in [6, 6.07) is 6.96. The average Bonchev–Trinajstić information content (AvgIpc) is 3.06. The van der Waals surface area contributed by atoms with Gasteiger partial charge in [0.2, 0.25) is 0 Å². The maximum atomic E-state index is 12.9. The van der Waals surface area contributed by atoms with Crippen LogP contribution >= 0.6 is 0 Å². The van der Waals surface area contributed by atoms with Crippen molar-refractivity contribution in [1.82, 2.24) is 9.78 Å². The van der Waals surface area contributed by atoms with Crippen molar-refractivity contribution in [2.75, 3.05) is 16.2 Å². The Morgan fingerprint density at radius 3 is 2.33 bits per heavy atom. The Labute approximate surface area is 160 Å². The summed E-state index contributed by atoms with van der Waals surface area (Å²) < 4.78 is 53.5. The molecule has 27 heavy (non-hydrogen) atoms. The normalized spacial score (nSPS) is 19.5. The van der Waals surface area contributed by atoms with Gasteiger partial charge in [-0.15, -0.1) is 0 Å². The van der Waals surface area contributed by atoms with Gasteiger partial charge in [-0.1, -0.05) is 26.0 Å². The molecule has 7 nitrogen and oxygen atoms in total. The van der Waals surface area contributed by atoms with Crippen LogP contribution in [0.4, 0.5) is 5.69 Å². The first-order chi connectivity index (χ1) is 12.5. The Hall–Kier alpha value is -1.87. The minimum Gasteiger partial charge on any atom is -0.280 e. The molecule has 148 valence electrons. The van der Waals surface area contributed by atoms with Gasteiger partial charge in [-0.3, -0.25) is 9.40 Å². The fraction of sp³-hybridized carbons (Fsp3) is 0.500. The van der Waals surface area contributed by atoms with Gasteiger partial charge >= 0.3 is 0 Å². The third-order valence-electron chi connectivity index (χ3n) is 4.91. The van der Waals surface area contributed by atoms with E-state index in [1.54, 1.807) is 30.7 Å². The van der Waals surface area contributed by atoms with Gasteiger partial charge in [-0.2, -0.15) is 5.10 Å². The highest BCUT2D eigenvalue weighted by Gasteiger charge is 2.33. The molecule has 1 aromatic carbocycles. The largest absolute Gasteiger partial charge is 0.280 e. The number of sulfone groups is 1. The second-order valence-electron chi connectivity index (χ2n) is 7.38. The SMILES string of the molecule is Cc1nn(C2CCS(=O)(=O)C2)c(C)c1S(=O)(=O)Nc1ccc(C(C)C)cc1. The van der Waals surface area contributed by atoms with Crippen molar-refractivity contribution in [1.29, 1.82) is 0 Å². The van der Waals surface area contributed by atoms with Crippen molar-refractivity contribution >= 4 is 25.5 Å². The smallest absolute Gasteiger partial charge is 0.265 e. The average molecular weight is 412 g/mol. The summed E-state index contributed by atoms with van der Waals surface area (Å²) in [5.74, 6) is 0.470. The number of aromatic nitrogens is 2. The molecule has 9 heteroatoms. The van der Waals surface area contributed by atoms with Gasteiger partial charge < -0.3 is 0 Å². The van der Waals surface area contributed by atoms with Gasteiger partial charge in [-0.25, -0.2) is 16.8 Å². The molecule has 1 unspecified atom stereocenters. The van der Waals surface area contributed by atoms with Crippen molar-refractivity contribution in [2.24, 2.45) is 0 Å². The zero-order chi connectivity index (χ0) is 20.0. The molecular weight excluding hydrogens is 386 g/mol. The third-order valence-corrected chi connectivity index (χ3v) is 8.29. The van der Waals surface area contributed by atoms with Crippen molar-refractivity contribution in [2.45, 2.75) is 51.0 Å². The van der Waals surface area contributed by atoms with E-state index in [1.165, 1.54) is 0 Å². The Morgan fingerprint density at radius 1 is 1.19 bits per heavy atom. The van der Waals surface area contributed by atoms with Crippen molar-refractivity contribution in [3.05, 3.63) is 41.2 Å². The number of rotatable bonds is 5. The maximum Gasteiger partial charge on any atom is 0.265 e. The lowest BCUT2D eigenvalue weighted by Crippen LogP contribution is -2.17. The summed E-state index contributed by atoms with van der Waals surface area (Å²) in [5, 5.41) is 4.34. The molecule has 1 fully saturated rings. The van der Waals surface area contributed by atoms with E-state index in [0.29, 0.717) is 29.4 Å². The molecule has 0 saturated carbocycles. The first kappa shape index (κ1) is 19.9. The first-order valence-corrected chi connectivity index (χ1v) is 12.2. The van der Waals surface area contributed by atoms with E-state index < -0.39 is 19.9 Å². The second-order valence-corrected chi connectivity index (χ2v) is 11.2. The fourth-order valence-electron chi connectivity index (χ4n) is 3.50. The molecule has 0 spiro atoms. The molecule has 0 amide bonds. The van der Waals surface area contributed by atoms with Crippen molar-refractivity contribution in [3.63, 3.8) is 0 Å². The highest BCUT2D eigenvalue weighted by Crippen LogP contribution is 2.30. The molecular formula is C18H25N3O4S2. The van der Waals surface area contributed by atoms with Crippen LogP contribution in [0, 0.1) is 13.8 Å². The van der Waals surface area contributed by atoms with Gasteiger partial charge in [0.05, 0.1) is 28.9 Å². The maximum absolute atomic E-state index is 12.9. The zero-order valence-electron chi connectivity index (χ0n) is 15.9. The van der Waals surface area contributed by atoms with Crippen LogP contribution in [-0.4, -0.2) is 38.1 Å². The van der Waals surface area contributed by atoms with Crippen molar-refractivity contribution < 1.29 is 16.8 Å². The molecule has 1 saturated heterocycles. The minimum atomic E-state index is -3.83. The van der Waals surface area contributed by atoms with E-state index in [-0.39, 0.29) is 22.4 Å². The van der Waals surface area contributed by atoms with E-state index in [2.05, 4.69) is 23.7 Å². The van der Waals surface area contributed by atoms with E-state index in [0.717, 1.165) is 5.56 Å². The molecule has 2 aromatic rings. The Kier molecular flexibility index (Phi) is 5.11. The van der Waals surface area contributed by atoms with Crippen LogP contribution in [0.15, 0.2) is 29.2 Å². The number of aryl methyl sites for hydroxylation is 1. The monoisotopic (exact) mass is 411 g/mol. The minimum absolute atomic E-state index is 0.00145. The van der Waals surface area contributed by atoms with Crippen molar-refractivity contribution in [3.8, 4) is 0 Å². The Bertz CT molecular complexity index is 1050. The molecule has 0 bridgehead atoms. The van der Waals surface area contributed by atoms with Gasteiger partial charge in [0, 0.05) is 5.69 Å². The number of hydrogen-bond acceptors (Lipinski definition) is 5. The molecule has 1 aliphatic heterocycles. The second kappa shape index (κ2) is 6.94. The van der Waals surface area contributed by atoms with E-state index >= 15 is 0 Å².